The topological polar surface area (TPSA) is 151 Å². The van der Waals surface area contributed by atoms with Gasteiger partial charge in [0.15, 0.2) is 0 Å². The number of aliphatic carboxylic acids is 1. The van der Waals surface area contributed by atoms with E-state index in [1.807, 2.05) is 6.07 Å². The van der Waals surface area contributed by atoms with Crippen molar-refractivity contribution < 1.29 is 38.4 Å². The molecule has 0 atom stereocenters. The molecule has 1 heterocycles. The molecular formula is C33H53N3O8. The highest BCUT2D eigenvalue weighted by Gasteiger charge is 2.08. The zero-order chi connectivity index (χ0) is 31.7. The van der Waals surface area contributed by atoms with Crippen LogP contribution < -0.4 is 11.1 Å². The number of benzene rings is 1. The van der Waals surface area contributed by atoms with E-state index < -0.39 is 5.97 Å². The summed E-state index contributed by atoms with van der Waals surface area (Å²) in [6.07, 6.45) is 8.84. The minimum atomic E-state index is -0.876. The van der Waals surface area contributed by atoms with Gasteiger partial charge >= 0.3 is 5.97 Å². The number of hydrogen-bond acceptors (Lipinski definition) is 9. The number of nitrogens with one attached hydrogen (secondary N) is 1. The second kappa shape index (κ2) is 24.5. The molecule has 2 rings (SSSR count). The lowest BCUT2D eigenvalue weighted by atomic mass is 9.99. The first-order valence-electron chi connectivity index (χ1n) is 16.1. The molecule has 0 spiro atoms. The summed E-state index contributed by atoms with van der Waals surface area (Å²) in [6, 6.07) is 8.51. The maximum Gasteiger partial charge on any atom is 0.305 e. The van der Waals surface area contributed by atoms with E-state index in [4.69, 9.17) is 34.5 Å². The maximum atomic E-state index is 12.1. The Morgan fingerprint density at radius 3 is 1.93 bits per heavy atom. The number of carboxylic acid groups (broad SMARTS) is 1. The van der Waals surface area contributed by atoms with Crippen molar-refractivity contribution in [3.8, 4) is 0 Å². The van der Waals surface area contributed by atoms with Gasteiger partial charge in [-0.25, -0.2) is 4.98 Å². The Morgan fingerprint density at radius 2 is 1.32 bits per heavy atom. The number of carboxylic acids is 1. The molecule has 0 aliphatic heterocycles. The van der Waals surface area contributed by atoms with Gasteiger partial charge in [0.1, 0.15) is 5.82 Å². The summed E-state index contributed by atoms with van der Waals surface area (Å²) in [6.45, 7) is 6.84. The average Bonchev–Trinajstić information content (AvgIpc) is 3.00. The number of nitrogen functional groups attached to an aromatic ring is 1. The lowest BCUT2D eigenvalue weighted by molar-refractivity contribution is -0.138. The molecule has 1 aromatic heterocycles. The number of carbonyl (C=O) groups is 2. The van der Waals surface area contributed by atoms with Crippen LogP contribution in [0.4, 0.5) is 5.82 Å². The number of amides is 1. The number of rotatable bonds is 28. The fourth-order valence-corrected chi connectivity index (χ4v) is 4.54. The van der Waals surface area contributed by atoms with E-state index in [-0.39, 0.29) is 18.9 Å². The number of nitrogens with two attached hydrogens (primary N) is 1. The molecule has 0 saturated carbocycles. The summed E-state index contributed by atoms with van der Waals surface area (Å²) in [7, 11) is 0. The van der Waals surface area contributed by atoms with E-state index in [2.05, 4.69) is 35.4 Å². The third kappa shape index (κ3) is 17.5. The number of unbranched alkanes of at least 4 members (excludes halogenated alkanes) is 4. The van der Waals surface area contributed by atoms with Crippen molar-refractivity contribution in [1.82, 2.24) is 10.3 Å². The zero-order valence-electron chi connectivity index (χ0n) is 26.5. The Labute approximate surface area is 262 Å². The van der Waals surface area contributed by atoms with E-state index in [0.717, 1.165) is 49.6 Å². The highest BCUT2D eigenvalue weighted by atomic mass is 16.6. The minimum absolute atomic E-state index is 0.00156. The third-order valence-corrected chi connectivity index (χ3v) is 6.98. The first-order valence-corrected chi connectivity index (χ1v) is 16.1. The lowest BCUT2D eigenvalue weighted by Crippen LogP contribution is -2.25. The molecule has 1 aromatic carbocycles. The molecule has 4 N–H and O–H groups in total. The van der Waals surface area contributed by atoms with Gasteiger partial charge < -0.3 is 39.8 Å². The van der Waals surface area contributed by atoms with Crippen LogP contribution in [0.2, 0.25) is 0 Å². The lowest BCUT2D eigenvalue weighted by Gasteiger charge is -2.11. The molecule has 248 valence electrons. The second-order valence-corrected chi connectivity index (χ2v) is 10.6. The molecule has 2 aromatic rings. The monoisotopic (exact) mass is 619 g/mol. The summed E-state index contributed by atoms with van der Waals surface area (Å²) in [4.78, 5) is 27.1. The van der Waals surface area contributed by atoms with Gasteiger partial charge in [-0.2, -0.15) is 0 Å². The normalized spacial score (nSPS) is 11.3. The molecule has 0 aliphatic rings. The first-order chi connectivity index (χ1) is 21.5. The highest BCUT2D eigenvalue weighted by Crippen LogP contribution is 2.24. The molecule has 0 fully saturated rings. The van der Waals surface area contributed by atoms with Crippen molar-refractivity contribution in [1.29, 1.82) is 0 Å². The van der Waals surface area contributed by atoms with Crippen LogP contribution in [0.3, 0.4) is 0 Å². The van der Waals surface area contributed by atoms with Gasteiger partial charge in [0.05, 0.1) is 78.0 Å². The second-order valence-electron chi connectivity index (χ2n) is 10.6. The molecule has 0 aliphatic carbocycles. The smallest absolute Gasteiger partial charge is 0.305 e. The van der Waals surface area contributed by atoms with Crippen molar-refractivity contribution >= 4 is 28.6 Å². The van der Waals surface area contributed by atoms with Crippen molar-refractivity contribution in [2.24, 2.45) is 0 Å². The Bertz CT molecular complexity index is 1070. The summed E-state index contributed by atoms with van der Waals surface area (Å²) in [5.41, 5.74) is 9.64. The summed E-state index contributed by atoms with van der Waals surface area (Å²) >= 11 is 0. The molecule has 0 saturated heterocycles. The fourth-order valence-electron chi connectivity index (χ4n) is 4.54. The van der Waals surface area contributed by atoms with Crippen LogP contribution in [0.1, 0.15) is 69.4 Å². The van der Waals surface area contributed by atoms with Crippen molar-refractivity contribution in [3.05, 3.63) is 35.4 Å². The number of aryl methyl sites for hydroxylation is 2. The third-order valence-electron chi connectivity index (χ3n) is 6.98. The van der Waals surface area contributed by atoms with E-state index in [1.54, 1.807) is 0 Å². The van der Waals surface area contributed by atoms with Crippen molar-refractivity contribution in [2.75, 3.05) is 78.3 Å². The van der Waals surface area contributed by atoms with Crippen LogP contribution in [0.5, 0.6) is 0 Å². The predicted octanol–water partition coefficient (Wildman–Crippen LogP) is 4.33. The minimum Gasteiger partial charge on any atom is -0.481 e. The number of pyridine rings is 1. The maximum absolute atomic E-state index is 12.1. The molecule has 0 unspecified atom stereocenters. The average molecular weight is 620 g/mol. The number of hydrogen-bond donors (Lipinski definition) is 3. The van der Waals surface area contributed by atoms with E-state index in [1.165, 1.54) is 23.8 Å². The van der Waals surface area contributed by atoms with Crippen LogP contribution in [0.25, 0.3) is 10.9 Å². The molecule has 44 heavy (non-hydrogen) atoms. The summed E-state index contributed by atoms with van der Waals surface area (Å²) in [5.74, 6) is -0.224. The fraction of sp³-hybridized carbons (Fsp3) is 0.667. The quantitative estimate of drug-likeness (QED) is 0.117. The van der Waals surface area contributed by atoms with Gasteiger partial charge in [0.25, 0.3) is 0 Å². The van der Waals surface area contributed by atoms with Crippen LogP contribution in [0, 0.1) is 0 Å². The Morgan fingerprint density at radius 1 is 0.750 bits per heavy atom. The van der Waals surface area contributed by atoms with E-state index in [9.17, 15) is 9.59 Å². The highest BCUT2D eigenvalue weighted by molar-refractivity contribution is 5.84. The number of anilines is 1. The SMILES string of the molecule is CCCCCc1cc2c(CCCCCNC(=O)CCOCCOCCOCCOCCOCCC(=O)O)cccc2nc1N. The first kappa shape index (κ1) is 37.4. The van der Waals surface area contributed by atoms with Gasteiger partial charge in [0.2, 0.25) is 5.91 Å². The van der Waals surface area contributed by atoms with Gasteiger partial charge in [-0.1, -0.05) is 38.3 Å². The Kier molecular flexibility index (Phi) is 20.8. The largest absolute Gasteiger partial charge is 0.481 e. The van der Waals surface area contributed by atoms with Crippen LogP contribution >= 0.6 is 0 Å². The van der Waals surface area contributed by atoms with Crippen molar-refractivity contribution in [2.45, 2.75) is 71.1 Å². The van der Waals surface area contributed by atoms with Gasteiger partial charge in [-0.05, 0) is 55.4 Å². The Hall–Kier alpha value is -2.83. The number of fused-ring (bicyclic) bond motifs is 1. The standard InChI is InChI=1S/C33H53N3O8/c1-2-3-5-10-28-26-29-27(11-8-12-30(29)36-33(28)34)9-6-4-7-15-35-31(37)13-16-40-18-20-42-22-24-44-25-23-43-21-19-41-17-14-32(38)39/h8,11-12,26H,2-7,9-10,13-25H2,1H3,(H2,34,36)(H,35,37)(H,38,39). The number of ether oxygens (including phenoxy) is 5. The summed E-state index contributed by atoms with van der Waals surface area (Å²) < 4.78 is 26.8. The van der Waals surface area contributed by atoms with Crippen molar-refractivity contribution in [3.63, 3.8) is 0 Å². The zero-order valence-corrected chi connectivity index (χ0v) is 26.5. The Balaban J connectivity index is 1.40. The van der Waals surface area contributed by atoms with Crippen LogP contribution in [-0.2, 0) is 46.1 Å². The molecular weight excluding hydrogens is 566 g/mol. The van der Waals surface area contributed by atoms with E-state index in [0.29, 0.717) is 78.2 Å². The summed E-state index contributed by atoms with van der Waals surface area (Å²) in [5, 5.41) is 12.7. The van der Waals surface area contributed by atoms with Crippen LogP contribution in [-0.4, -0.2) is 94.6 Å². The molecule has 11 heteroatoms. The number of nitrogens with zero attached hydrogens (tertiary/aromatic N) is 1. The molecule has 0 bridgehead atoms. The van der Waals surface area contributed by atoms with E-state index >= 15 is 0 Å². The van der Waals surface area contributed by atoms with Gasteiger partial charge in [-0.3, -0.25) is 9.59 Å². The van der Waals surface area contributed by atoms with Crippen LogP contribution in [0.15, 0.2) is 24.3 Å². The number of aromatic nitrogens is 1. The van der Waals surface area contributed by atoms with Gasteiger partial charge in [0, 0.05) is 18.4 Å². The predicted molar refractivity (Wildman–Crippen MR) is 171 cm³/mol. The molecule has 0 radical (unpaired) electrons. The van der Waals surface area contributed by atoms with Gasteiger partial charge in [-0.15, -0.1) is 0 Å². The molecule has 11 nitrogen and oxygen atoms in total. The number of carbonyl (C=O) groups excluding carboxylic acids is 1. The molecule has 1 amide bonds.